The smallest absolute Gasteiger partial charge is 0.276 e. The minimum atomic E-state index is -0.530. The number of amides is 1. The van der Waals surface area contributed by atoms with E-state index in [-0.39, 0.29) is 11.7 Å². The minimum Gasteiger partial charge on any atom is -0.298 e. The molecule has 2 aromatic rings. The van der Waals surface area contributed by atoms with Gasteiger partial charge in [-0.3, -0.25) is 15.1 Å². The van der Waals surface area contributed by atoms with Crippen molar-refractivity contribution in [3.63, 3.8) is 0 Å². The van der Waals surface area contributed by atoms with Crippen molar-refractivity contribution in [2.45, 2.75) is 25.9 Å². The molecular formula is C20H18BrFN4OS. The van der Waals surface area contributed by atoms with Crippen molar-refractivity contribution in [3.05, 3.63) is 68.9 Å². The summed E-state index contributed by atoms with van der Waals surface area (Å²) in [4.78, 5) is 17.8. The number of thioether (sulfide) groups is 1. The lowest BCUT2D eigenvalue weighted by Gasteiger charge is -2.34. The highest BCUT2D eigenvalue weighted by Gasteiger charge is 2.34. The zero-order chi connectivity index (χ0) is 19.7. The number of carbonyl (C=O) groups excluding carboxylic acids is 1. The first-order valence-corrected chi connectivity index (χ1v) is 10.8. The summed E-state index contributed by atoms with van der Waals surface area (Å²) in [5.74, 6) is 0.346. The molecule has 8 heteroatoms. The number of fused-ring (bicyclic) bond motifs is 2. The summed E-state index contributed by atoms with van der Waals surface area (Å²) in [6, 6.07) is 11.8. The van der Waals surface area contributed by atoms with Gasteiger partial charge in [-0.1, -0.05) is 53.2 Å². The zero-order valence-corrected chi connectivity index (χ0v) is 17.6. The predicted octanol–water partition coefficient (Wildman–Crippen LogP) is 3.26. The van der Waals surface area contributed by atoms with Gasteiger partial charge in [0.1, 0.15) is 11.5 Å². The zero-order valence-electron chi connectivity index (χ0n) is 15.2. The van der Waals surface area contributed by atoms with Crippen LogP contribution in [0.3, 0.4) is 0 Å². The van der Waals surface area contributed by atoms with Gasteiger partial charge in [0.05, 0.1) is 5.36 Å². The molecule has 2 aliphatic rings. The number of nitrogens with one attached hydrogen (secondary N) is 1. The lowest BCUT2D eigenvalue weighted by molar-refractivity contribution is -0.116. The Morgan fingerprint density at radius 1 is 1.25 bits per heavy atom. The summed E-state index contributed by atoms with van der Waals surface area (Å²) in [5, 5.41) is 11.2. The standard InChI is InChI=1S/C20H18BrFN4OS/c1-2-3-10-28-20-24-19(27)17-15-11-13(21)6-9-16(15)23-18(26(17)25-20)12-4-7-14(22)8-5-12/h4-9,11,18H,2-3,10H2,1H3,(H,24,25,27)/t18-/m0/s1. The van der Waals surface area contributed by atoms with Gasteiger partial charge in [0, 0.05) is 15.4 Å². The molecule has 0 aromatic heterocycles. The van der Waals surface area contributed by atoms with Gasteiger partial charge in [-0.05, 0) is 42.3 Å². The van der Waals surface area contributed by atoms with E-state index in [1.165, 1.54) is 23.9 Å². The topological polar surface area (TPSA) is 57.1 Å². The van der Waals surface area contributed by atoms with Crippen LogP contribution in [0.1, 0.15) is 31.5 Å². The van der Waals surface area contributed by atoms with Crippen LogP contribution in [0, 0.1) is 5.82 Å². The molecule has 144 valence electrons. The Hall–Kier alpha value is -2.19. The monoisotopic (exact) mass is 460 g/mol. The van der Waals surface area contributed by atoms with Crippen LogP contribution in [0.2, 0.25) is 0 Å². The second-order valence-corrected chi connectivity index (χ2v) is 8.47. The lowest BCUT2D eigenvalue weighted by Crippen LogP contribution is -2.50. The van der Waals surface area contributed by atoms with Crippen LogP contribution in [-0.4, -0.2) is 21.8 Å². The van der Waals surface area contributed by atoms with E-state index in [9.17, 15) is 9.18 Å². The molecule has 0 bridgehead atoms. The maximum Gasteiger partial charge on any atom is 0.276 e. The molecule has 1 N–H and O–H groups in total. The van der Waals surface area contributed by atoms with Crippen LogP contribution in [0.4, 0.5) is 4.39 Å². The van der Waals surface area contributed by atoms with Crippen molar-refractivity contribution in [1.29, 1.82) is 0 Å². The number of hydrogen-bond donors (Lipinski definition) is 1. The highest BCUT2D eigenvalue weighted by atomic mass is 79.9. The third kappa shape index (κ3) is 3.71. The molecule has 0 saturated heterocycles. The highest BCUT2D eigenvalue weighted by Crippen LogP contribution is 2.31. The number of benzene rings is 2. The first kappa shape index (κ1) is 19.1. The summed E-state index contributed by atoms with van der Waals surface area (Å²) < 4.78 is 14.3. The van der Waals surface area contributed by atoms with Gasteiger partial charge in [-0.2, -0.15) is 0 Å². The molecule has 5 nitrogen and oxygen atoms in total. The average molecular weight is 461 g/mol. The molecule has 2 aromatic carbocycles. The van der Waals surface area contributed by atoms with Crippen LogP contribution in [0.5, 0.6) is 0 Å². The molecule has 1 amide bonds. The second kappa shape index (κ2) is 8.05. The van der Waals surface area contributed by atoms with Crippen LogP contribution in [0.15, 0.2) is 57.0 Å². The molecule has 0 unspecified atom stereocenters. The molecule has 1 atom stereocenters. The number of rotatable bonds is 4. The third-order valence-electron chi connectivity index (χ3n) is 4.47. The van der Waals surface area contributed by atoms with Gasteiger partial charge in [0.2, 0.25) is 0 Å². The second-order valence-electron chi connectivity index (χ2n) is 6.47. The van der Waals surface area contributed by atoms with Crippen molar-refractivity contribution in [2.75, 3.05) is 5.75 Å². The van der Waals surface area contributed by atoms with E-state index in [0.717, 1.165) is 28.6 Å². The van der Waals surface area contributed by atoms with E-state index < -0.39 is 6.17 Å². The Morgan fingerprint density at radius 2 is 2.04 bits per heavy atom. The van der Waals surface area contributed by atoms with Gasteiger partial charge in [-0.25, -0.2) is 9.40 Å². The Morgan fingerprint density at radius 3 is 2.79 bits per heavy atom. The van der Waals surface area contributed by atoms with Crippen LogP contribution in [0.25, 0.3) is 5.70 Å². The van der Waals surface area contributed by atoms with Gasteiger partial charge in [-0.15, -0.1) is 5.10 Å². The van der Waals surface area contributed by atoms with Gasteiger partial charge < -0.3 is 0 Å². The van der Waals surface area contributed by atoms with Crippen LogP contribution < -0.4 is 15.9 Å². The Labute approximate surface area is 174 Å². The molecule has 0 radical (unpaired) electrons. The fraction of sp³-hybridized carbons (Fsp3) is 0.250. The number of hydrogen-bond acceptors (Lipinski definition) is 5. The quantitative estimate of drug-likeness (QED) is 0.712. The Kier molecular flexibility index (Phi) is 5.50. The molecular weight excluding hydrogens is 443 g/mol. The van der Waals surface area contributed by atoms with E-state index in [1.807, 2.05) is 18.2 Å². The maximum absolute atomic E-state index is 13.4. The van der Waals surface area contributed by atoms with Gasteiger partial charge >= 0.3 is 0 Å². The van der Waals surface area contributed by atoms with E-state index in [0.29, 0.717) is 21.4 Å². The van der Waals surface area contributed by atoms with E-state index in [1.54, 1.807) is 17.1 Å². The average Bonchev–Trinajstić information content (AvgIpc) is 2.68. The largest absolute Gasteiger partial charge is 0.298 e. The molecule has 28 heavy (non-hydrogen) atoms. The first-order chi connectivity index (χ1) is 13.6. The third-order valence-corrected chi connectivity index (χ3v) is 5.92. The first-order valence-electron chi connectivity index (χ1n) is 9.02. The minimum absolute atomic E-state index is 0.213. The number of unbranched alkanes of at least 4 members (excludes halogenated alkanes) is 1. The molecule has 0 fully saturated rings. The van der Waals surface area contributed by atoms with E-state index >= 15 is 0 Å². The van der Waals surface area contributed by atoms with Crippen molar-refractivity contribution in [3.8, 4) is 0 Å². The summed E-state index contributed by atoms with van der Waals surface area (Å²) in [7, 11) is 0. The Bertz CT molecular complexity index is 1070. The van der Waals surface area contributed by atoms with Crippen LogP contribution >= 0.6 is 27.7 Å². The van der Waals surface area contributed by atoms with E-state index in [2.05, 4.69) is 33.3 Å². The Balaban J connectivity index is 1.85. The fourth-order valence-electron chi connectivity index (χ4n) is 3.08. The van der Waals surface area contributed by atoms with Gasteiger partial charge in [0.15, 0.2) is 11.3 Å². The van der Waals surface area contributed by atoms with Crippen molar-refractivity contribution < 1.29 is 9.18 Å². The summed E-state index contributed by atoms with van der Waals surface area (Å²) in [5.41, 5.74) is 1.21. The number of hydrazone groups is 1. The molecule has 0 saturated carbocycles. The van der Waals surface area contributed by atoms with Crippen molar-refractivity contribution in [2.24, 2.45) is 10.1 Å². The van der Waals surface area contributed by atoms with Crippen molar-refractivity contribution >= 4 is 44.5 Å². The molecule has 2 heterocycles. The maximum atomic E-state index is 13.4. The van der Waals surface area contributed by atoms with Crippen molar-refractivity contribution in [1.82, 2.24) is 10.3 Å². The van der Waals surface area contributed by atoms with Gasteiger partial charge in [0.25, 0.3) is 5.91 Å². The summed E-state index contributed by atoms with van der Waals surface area (Å²) in [6.07, 6.45) is 1.58. The molecule has 0 aliphatic carbocycles. The predicted molar refractivity (Wildman–Crippen MR) is 112 cm³/mol. The fourth-order valence-corrected chi connectivity index (χ4v) is 4.38. The SMILES string of the molecule is CCCCSC1=NN2C(=c3cc(Br)ccc3=N[C@@H]2c2ccc(F)cc2)C(=O)N1. The number of halogens is 2. The van der Waals surface area contributed by atoms with E-state index in [4.69, 9.17) is 4.99 Å². The number of carbonyl (C=O) groups is 1. The number of nitrogens with zero attached hydrogens (tertiary/aromatic N) is 3. The molecule has 4 rings (SSSR count). The molecule has 0 spiro atoms. The molecule has 2 aliphatic heterocycles. The summed E-state index contributed by atoms with van der Waals surface area (Å²) >= 11 is 4.98. The van der Waals surface area contributed by atoms with Crippen LogP contribution in [-0.2, 0) is 4.79 Å². The summed E-state index contributed by atoms with van der Waals surface area (Å²) in [6.45, 7) is 2.12. The lowest BCUT2D eigenvalue weighted by atomic mass is 10.1. The normalized spacial score (nSPS) is 18.0. The number of amidine groups is 1. The highest BCUT2D eigenvalue weighted by molar-refractivity contribution is 9.10.